The van der Waals surface area contributed by atoms with Crippen molar-refractivity contribution in [3.63, 3.8) is 0 Å². The maximum atomic E-state index is 13.0. The minimum Gasteiger partial charge on any atom is -0.497 e. The number of halogens is 1. The van der Waals surface area contributed by atoms with Gasteiger partial charge in [-0.3, -0.25) is 0 Å². The summed E-state index contributed by atoms with van der Waals surface area (Å²) < 4.78 is 24.1. The van der Waals surface area contributed by atoms with E-state index in [0.29, 0.717) is 18.3 Å². The van der Waals surface area contributed by atoms with Crippen LogP contribution in [0.1, 0.15) is 5.89 Å². The summed E-state index contributed by atoms with van der Waals surface area (Å²) in [5.41, 5.74) is 1.91. The molecule has 2 heterocycles. The van der Waals surface area contributed by atoms with Crippen LogP contribution < -0.4 is 14.5 Å². The van der Waals surface area contributed by atoms with E-state index in [0.717, 1.165) is 37.5 Å². The van der Waals surface area contributed by atoms with Gasteiger partial charge in [0.15, 0.2) is 6.54 Å². The minimum atomic E-state index is -0.281. The fourth-order valence-electron chi connectivity index (χ4n) is 3.31. The molecule has 0 atom stereocenters. The van der Waals surface area contributed by atoms with Crippen molar-refractivity contribution in [1.82, 2.24) is 10.2 Å². The smallest absolute Gasteiger partial charge is 0.271 e. The number of rotatable bonds is 5. The van der Waals surface area contributed by atoms with Gasteiger partial charge >= 0.3 is 0 Å². The predicted octanol–water partition coefficient (Wildman–Crippen LogP) is 1.79. The molecule has 1 aliphatic heterocycles. The second-order valence-electron chi connectivity index (χ2n) is 6.62. The Morgan fingerprint density at radius 3 is 2.63 bits per heavy atom. The van der Waals surface area contributed by atoms with Gasteiger partial charge < -0.3 is 19.0 Å². The lowest BCUT2D eigenvalue weighted by Crippen LogP contribution is -3.13. The standard InChI is InChI=1S/C20H21FN4O2/c1-26-18-4-2-3-17(13-18)25-11-9-24(10-12-25)14-19-22-23-20(27-19)15-5-7-16(21)8-6-15/h2-8,13H,9-12,14H2,1H3/p+1. The van der Waals surface area contributed by atoms with Gasteiger partial charge in [-0.15, -0.1) is 10.2 Å². The number of methoxy groups -OCH3 is 1. The molecule has 0 radical (unpaired) electrons. The van der Waals surface area contributed by atoms with E-state index in [1.807, 2.05) is 12.1 Å². The molecule has 4 rings (SSSR count). The summed E-state index contributed by atoms with van der Waals surface area (Å²) in [6, 6.07) is 14.2. The number of piperazine rings is 1. The van der Waals surface area contributed by atoms with Gasteiger partial charge in [0.1, 0.15) is 11.6 Å². The van der Waals surface area contributed by atoms with Crippen LogP contribution >= 0.6 is 0 Å². The normalized spacial score (nSPS) is 15.1. The van der Waals surface area contributed by atoms with Gasteiger partial charge in [0.2, 0.25) is 5.89 Å². The second kappa shape index (κ2) is 7.75. The summed E-state index contributed by atoms with van der Waals surface area (Å²) in [6.45, 7) is 4.60. The fourth-order valence-corrected chi connectivity index (χ4v) is 3.31. The van der Waals surface area contributed by atoms with E-state index in [4.69, 9.17) is 9.15 Å². The number of quaternary nitrogens is 1. The minimum absolute atomic E-state index is 0.281. The molecule has 0 aliphatic carbocycles. The van der Waals surface area contributed by atoms with E-state index >= 15 is 0 Å². The highest BCUT2D eigenvalue weighted by Gasteiger charge is 2.23. The first-order chi connectivity index (χ1) is 13.2. The molecule has 1 N–H and O–H groups in total. The molecule has 1 fully saturated rings. The van der Waals surface area contributed by atoms with E-state index < -0.39 is 0 Å². The number of nitrogens with zero attached hydrogens (tertiary/aromatic N) is 3. The Kier molecular flexibility index (Phi) is 5.02. The fraction of sp³-hybridized carbons (Fsp3) is 0.300. The Balaban J connectivity index is 1.35. The van der Waals surface area contributed by atoms with Crippen LogP contribution in [0.25, 0.3) is 11.5 Å². The molecule has 6 nitrogen and oxygen atoms in total. The number of ether oxygens (including phenoxy) is 1. The molecular weight excluding hydrogens is 347 g/mol. The molecule has 0 amide bonds. The van der Waals surface area contributed by atoms with Gasteiger partial charge in [0, 0.05) is 17.3 Å². The SMILES string of the molecule is COc1cccc(N2CC[NH+](Cc3nnc(-c4ccc(F)cc4)o3)CC2)c1. The van der Waals surface area contributed by atoms with Crippen molar-refractivity contribution >= 4 is 5.69 Å². The second-order valence-corrected chi connectivity index (χ2v) is 6.62. The topological polar surface area (TPSA) is 55.8 Å². The molecule has 0 saturated carbocycles. The van der Waals surface area contributed by atoms with Crippen molar-refractivity contribution in [2.45, 2.75) is 6.54 Å². The third kappa shape index (κ3) is 4.09. The third-order valence-corrected chi connectivity index (χ3v) is 4.85. The average Bonchev–Trinajstić information content (AvgIpc) is 3.17. The monoisotopic (exact) mass is 369 g/mol. The van der Waals surface area contributed by atoms with Crippen LogP contribution in [0.2, 0.25) is 0 Å². The zero-order chi connectivity index (χ0) is 18.6. The molecule has 1 aromatic heterocycles. The largest absolute Gasteiger partial charge is 0.497 e. The number of nitrogens with one attached hydrogen (secondary N) is 1. The van der Waals surface area contributed by atoms with Gasteiger partial charge in [-0.25, -0.2) is 4.39 Å². The van der Waals surface area contributed by atoms with Crippen LogP contribution in [-0.4, -0.2) is 43.5 Å². The number of anilines is 1. The molecule has 0 bridgehead atoms. The highest BCUT2D eigenvalue weighted by atomic mass is 19.1. The summed E-state index contributed by atoms with van der Waals surface area (Å²) in [5, 5.41) is 8.23. The predicted molar refractivity (Wildman–Crippen MR) is 99.3 cm³/mol. The highest BCUT2D eigenvalue weighted by Crippen LogP contribution is 2.21. The zero-order valence-electron chi connectivity index (χ0n) is 15.2. The first kappa shape index (κ1) is 17.5. The molecule has 2 aromatic carbocycles. The quantitative estimate of drug-likeness (QED) is 0.743. The summed E-state index contributed by atoms with van der Waals surface area (Å²) in [7, 11) is 1.69. The van der Waals surface area contributed by atoms with Gasteiger partial charge in [-0.2, -0.15) is 0 Å². The highest BCUT2D eigenvalue weighted by molar-refractivity contribution is 5.52. The van der Waals surface area contributed by atoms with Crippen LogP contribution in [0.5, 0.6) is 5.75 Å². The van der Waals surface area contributed by atoms with Crippen molar-refractivity contribution in [3.05, 3.63) is 60.2 Å². The lowest BCUT2D eigenvalue weighted by atomic mass is 10.2. The van der Waals surface area contributed by atoms with Crippen LogP contribution in [0.3, 0.4) is 0 Å². The van der Waals surface area contributed by atoms with Crippen molar-refractivity contribution < 1.29 is 18.4 Å². The molecule has 1 saturated heterocycles. The lowest BCUT2D eigenvalue weighted by molar-refractivity contribution is -0.915. The first-order valence-electron chi connectivity index (χ1n) is 9.02. The van der Waals surface area contributed by atoms with Gasteiger partial charge in [-0.1, -0.05) is 6.07 Å². The van der Waals surface area contributed by atoms with Gasteiger partial charge in [0.25, 0.3) is 5.89 Å². The lowest BCUT2D eigenvalue weighted by Gasteiger charge is -2.33. The summed E-state index contributed by atoms with van der Waals surface area (Å²) in [5.74, 6) is 1.64. The average molecular weight is 369 g/mol. The van der Waals surface area contributed by atoms with Gasteiger partial charge in [0.05, 0.1) is 33.3 Å². The molecule has 3 aromatic rings. The number of aromatic nitrogens is 2. The first-order valence-corrected chi connectivity index (χ1v) is 9.02. The van der Waals surface area contributed by atoms with E-state index in [1.54, 1.807) is 19.2 Å². The Bertz CT molecular complexity index is 889. The van der Waals surface area contributed by atoms with E-state index in [-0.39, 0.29) is 5.82 Å². The maximum Gasteiger partial charge on any atom is 0.271 e. The Morgan fingerprint density at radius 1 is 1.11 bits per heavy atom. The van der Waals surface area contributed by atoms with Crippen LogP contribution in [0.15, 0.2) is 52.9 Å². The van der Waals surface area contributed by atoms with Crippen molar-refractivity contribution in [2.75, 3.05) is 38.2 Å². The maximum absolute atomic E-state index is 13.0. The van der Waals surface area contributed by atoms with Crippen LogP contribution in [0, 0.1) is 5.82 Å². The van der Waals surface area contributed by atoms with Gasteiger partial charge in [-0.05, 0) is 36.4 Å². The summed E-state index contributed by atoms with van der Waals surface area (Å²) >= 11 is 0. The van der Waals surface area contributed by atoms with Crippen LogP contribution in [0.4, 0.5) is 10.1 Å². The van der Waals surface area contributed by atoms with E-state index in [1.165, 1.54) is 22.7 Å². The summed E-state index contributed by atoms with van der Waals surface area (Å²) in [6.07, 6.45) is 0. The van der Waals surface area contributed by atoms with Crippen molar-refractivity contribution in [1.29, 1.82) is 0 Å². The Morgan fingerprint density at radius 2 is 1.89 bits per heavy atom. The number of hydrogen-bond donors (Lipinski definition) is 1. The Labute approximate surface area is 157 Å². The van der Waals surface area contributed by atoms with Crippen molar-refractivity contribution in [2.24, 2.45) is 0 Å². The molecular formula is C20H22FN4O2+. The molecule has 7 heteroatoms. The molecule has 140 valence electrons. The van der Waals surface area contributed by atoms with Crippen LogP contribution in [-0.2, 0) is 6.54 Å². The summed E-state index contributed by atoms with van der Waals surface area (Å²) in [4.78, 5) is 3.77. The molecule has 1 aliphatic rings. The molecule has 0 spiro atoms. The number of hydrogen-bond acceptors (Lipinski definition) is 5. The zero-order valence-corrected chi connectivity index (χ0v) is 15.2. The Hall–Kier alpha value is -2.93. The molecule has 0 unspecified atom stereocenters. The third-order valence-electron chi connectivity index (χ3n) is 4.85. The van der Waals surface area contributed by atoms with E-state index in [2.05, 4.69) is 27.2 Å². The van der Waals surface area contributed by atoms with Crippen molar-refractivity contribution in [3.8, 4) is 17.2 Å². The van der Waals surface area contributed by atoms with E-state index in [9.17, 15) is 4.39 Å². The molecule has 27 heavy (non-hydrogen) atoms. The number of benzene rings is 2.